The van der Waals surface area contributed by atoms with E-state index in [4.69, 9.17) is 4.74 Å². The lowest BCUT2D eigenvalue weighted by atomic mass is 10.2. The van der Waals surface area contributed by atoms with Crippen molar-refractivity contribution in [3.8, 4) is 0 Å². The number of alkyl carbamates (subject to hydrolysis) is 1. The lowest BCUT2D eigenvalue weighted by molar-refractivity contribution is -0.387. The molecular weight excluding hydrogens is 399 g/mol. The lowest BCUT2D eigenvalue weighted by Gasteiger charge is -2.21. The number of nitro groups is 1. The largest absolute Gasteiger partial charge is 0.480 e. The third kappa shape index (κ3) is 6.68. The van der Waals surface area contributed by atoms with Gasteiger partial charge in [-0.1, -0.05) is 0 Å². The van der Waals surface area contributed by atoms with Gasteiger partial charge in [-0.15, -0.1) is 11.8 Å². The van der Waals surface area contributed by atoms with Crippen molar-refractivity contribution in [2.45, 2.75) is 37.3 Å². The van der Waals surface area contributed by atoms with Gasteiger partial charge in [0.25, 0.3) is 5.69 Å². The summed E-state index contributed by atoms with van der Waals surface area (Å²) < 4.78 is 23.4. The van der Waals surface area contributed by atoms with Gasteiger partial charge in [0.05, 0.1) is 16.9 Å². The topological polar surface area (TPSA) is 145 Å². The van der Waals surface area contributed by atoms with Crippen LogP contribution in [0.25, 0.3) is 0 Å². The molecule has 0 aliphatic heterocycles. The summed E-state index contributed by atoms with van der Waals surface area (Å²) in [6.07, 6.45) is -0.984. The van der Waals surface area contributed by atoms with Crippen LogP contribution in [0.2, 0.25) is 0 Å². The van der Waals surface area contributed by atoms with E-state index in [1.807, 2.05) is 0 Å². The second-order valence-electron chi connectivity index (χ2n) is 6.40. The molecule has 0 bridgehead atoms. The average molecular weight is 418 g/mol. The molecule has 2 N–H and O–H groups in total. The Morgan fingerprint density at radius 3 is 2.43 bits per heavy atom. The Bertz CT molecular complexity index is 794. The summed E-state index contributed by atoms with van der Waals surface area (Å²) in [5.74, 6) is -3.92. The van der Waals surface area contributed by atoms with Crippen LogP contribution >= 0.6 is 11.8 Å². The van der Waals surface area contributed by atoms with Crippen molar-refractivity contribution in [2.24, 2.45) is 0 Å². The third-order valence-corrected chi connectivity index (χ3v) is 4.18. The van der Waals surface area contributed by atoms with E-state index < -0.39 is 51.7 Å². The molecule has 0 heterocycles. The molecule has 0 aliphatic rings. The molecule has 1 rings (SSSR count). The zero-order valence-corrected chi connectivity index (χ0v) is 16.3. The monoisotopic (exact) mass is 418 g/mol. The van der Waals surface area contributed by atoms with Crippen LogP contribution in [0, 0.1) is 15.9 Å². The number of hydrogen-bond acceptors (Lipinski definition) is 8. The number of hydrogen-bond donors (Lipinski definition) is 2. The summed E-state index contributed by atoms with van der Waals surface area (Å²) in [5, 5.41) is 22.6. The fourth-order valence-corrected chi connectivity index (χ4v) is 2.91. The van der Waals surface area contributed by atoms with Gasteiger partial charge in [-0.2, -0.15) is 0 Å². The minimum atomic E-state index is -1.46. The van der Waals surface area contributed by atoms with Gasteiger partial charge in [0.2, 0.25) is 0 Å². The van der Waals surface area contributed by atoms with Crippen LogP contribution in [0.4, 0.5) is 14.9 Å². The molecule has 0 saturated heterocycles. The molecule has 0 spiro atoms. The van der Waals surface area contributed by atoms with Crippen LogP contribution in [-0.2, 0) is 14.3 Å². The van der Waals surface area contributed by atoms with E-state index in [0.717, 1.165) is 13.2 Å². The van der Waals surface area contributed by atoms with Crippen molar-refractivity contribution < 1.29 is 38.3 Å². The van der Waals surface area contributed by atoms with E-state index in [9.17, 15) is 34.0 Å². The summed E-state index contributed by atoms with van der Waals surface area (Å²) in [7, 11) is 0.996. The number of esters is 1. The summed E-state index contributed by atoms with van der Waals surface area (Å²) in [5.41, 5.74) is -2.08. The molecule has 154 valence electrons. The highest BCUT2D eigenvalue weighted by atomic mass is 32.2. The number of nitrogens with one attached hydrogen (secondary N) is 1. The third-order valence-electron chi connectivity index (χ3n) is 3.05. The molecule has 0 fully saturated rings. The van der Waals surface area contributed by atoms with Crippen molar-refractivity contribution in [3.63, 3.8) is 0 Å². The number of nitro benzene ring substituents is 1. The van der Waals surface area contributed by atoms with Gasteiger partial charge in [0.15, 0.2) is 0 Å². The predicted octanol–water partition coefficient (Wildman–Crippen LogP) is 2.59. The van der Waals surface area contributed by atoms with Crippen LogP contribution in [-0.4, -0.2) is 52.6 Å². The van der Waals surface area contributed by atoms with E-state index in [-0.39, 0.29) is 10.6 Å². The minimum Gasteiger partial charge on any atom is -0.480 e. The van der Waals surface area contributed by atoms with Gasteiger partial charge in [-0.25, -0.2) is 18.8 Å². The van der Waals surface area contributed by atoms with E-state index in [2.05, 4.69) is 10.1 Å². The summed E-state index contributed by atoms with van der Waals surface area (Å²) in [4.78, 5) is 44.7. The van der Waals surface area contributed by atoms with Crippen molar-refractivity contribution in [1.29, 1.82) is 0 Å². The van der Waals surface area contributed by atoms with Crippen molar-refractivity contribution in [2.75, 3.05) is 12.9 Å². The molecule has 10 nitrogen and oxygen atoms in total. The van der Waals surface area contributed by atoms with Crippen LogP contribution in [0.1, 0.15) is 31.1 Å². The fraction of sp³-hybridized carbons (Fsp3) is 0.438. The number of halogens is 1. The zero-order chi connectivity index (χ0) is 21.6. The Hall–Kier alpha value is -2.89. The average Bonchev–Trinajstić information content (AvgIpc) is 2.55. The van der Waals surface area contributed by atoms with Gasteiger partial charge >= 0.3 is 18.0 Å². The molecule has 0 aromatic heterocycles. The lowest BCUT2D eigenvalue weighted by Crippen LogP contribution is -2.44. The molecule has 0 saturated carbocycles. The number of ether oxygens (including phenoxy) is 2. The quantitative estimate of drug-likeness (QED) is 0.295. The first kappa shape index (κ1) is 23.1. The Kier molecular flexibility index (Phi) is 7.73. The van der Waals surface area contributed by atoms with Crippen LogP contribution in [0.3, 0.4) is 0 Å². The number of carboxylic acid groups (broad SMARTS) is 1. The highest BCUT2D eigenvalue weighted by Gasteiger charge is 2.27. The van der Waals surface area contributed by atoms with Crippen molar-refractivity contribution >= 4 is 35.5 Å². The SMILES string of the molecule is COC(=O)c1cc([N+](=O)[O-])c(SCC(NC(=O)OC(C)(C)C)C(=O)O)cc1F. The molecule has 1 aromatic rings. The highest BCUT2D eigenvalue weighted by Crippen LogP contribution is 2.32. The summed E-state index contributed by atoms with van der Waals surface area (Å²) in [6.45, 7) is 4.77. The first-order valence-corrected chi connectivity index (χ1v) is 8.75. The predicted molar refractivity (Wildman–Crippen MR) is 95.9 cm³/mol. The second-order valence-corrected chi connectivity index (χ2v) is 7.46. The van der Waals surface area contributed by atoms with Crippen molar-refractivity contribution in [3.05, 3.63) is 33.6 Å². The number of rotatable bonds is 7. The maximum absolute atomic E-state index is 14.1. The number of carbonyl (C=O) groups is 3. The number of thioether (sulfide) groups is 1. The van der Waals surface area contributed by atoms with Gasteiger partial charge in [0, 0.05) is 11.8 Å². The molecule has 1 atom stereocenters. The van der Waals surface area contributed by atoms with Gasteiger partial charge in [-0.05, 0) is 26.8 Å². The molecule has 1 amide bonds. The molecule has 0 radical (unpaired) electrons. The molecule has 0 aliphatic carbocycles. The zero-order valence-electron chi connectivity index (χ0n) is 15.5. The van der Waals surface area contributed by atoms with E-state index in [0.29, 0.717) is 17.8 Å². The van der Waals surface area contributed by atoms with Gasteiger partial charge in [0.1, 0.15) is 23.0 Å². The number of amides is 1. The number of benzene rings is 1. The molecule has 1 unspecified atom stereocenters. The Balaban J connectivity index is 3.03. The summed E-state index contributed by atoms with van der Waals surface area (Å²) >= 11 is 0.629. The molecule has 1 aromatic carbocycles. The Morgan fingerprint density at radius 2 is 1.96 bits per heavy atom. The number of methoxy groups -OCH3 is 1. The maximum atomic E-state index is 14.1. The second kappa shape index (κ2) is 9.35. The first-order chi connectivity index (χ1) is 12.9. The fourth-order valence-electron chi connectivity index (χ4n) is 1.87. The number of nitrogens with zero attached hydrogens (tertiary/aromatic N) is 1. The standard InChI is InChI=1S/C16H19FN2O8S/c1-16(2,3)27-15(23)18-10(13(20)21)7-28-12-6-9(17)8(14(22)26-4)5-11(12)19(24)25/h5-6,10H,7H2,1-4H3,(H,18,23)(H,20,21). The number of carboxylic acids is 1. The van der Waals surface area contributed by atoms with E-state index in [1.54, 1.807) is 20.8 Å². The number of carbonyl (C=O) groups excluding carboxylic acids is 2. The van der Waals surface area contributed by atoms with Crippen LogP contribution < -0.4 is 5.32 Å². The molecule has 28 heavy (non-hydrogen) atoms. The Morgan fingerprint density at radius 1 is 1.36 bits per heavy atom. The highest BCUT2D eigenvalue weighted by molar-refractivity contribution is 7.99. The van der Waals surface area contributed by atoms with Gasteiger partial charge < -0.3 is 19.9 Å². The molecular formula is C16H19FN2O8S. The first-order valence-electron chi connectivity index (χ1n) is 7.77. The maximum Gasteiger partial charge on any atom is 0.408 e. The Labute approximate surface area is 163 Å². The molecule has 12 heteroatoms. The van der Waals surface area contributed by atoms with Crippen molar-refractivity contribution in [1.82, 2.24) is 5.32 Å². The number of aliphatic carboxylic acids is 1. The van der Waals surface area contributed by atoms with Gasteiger partial charge in [-0.3, -0.25) is 10.1 Å². The normalized spacial score (nSPS) is 12.0. The van der Waals surface area contributed by atoms with E-state index >= 15 is 0 Å². The van der Waals surface area contributed by atoms with Crippen LogP contribution in [0.15, 0.2) is 17.0 Å². The smallest absolute Gasteiger partial charge is 0.408 e. The van der Waals surface area contributed by atoms with E-state index in [1.165, 1.54) is 0 Å². The van der Waals surface area contributed by atoms with Crippen LogP contribution in [0.5, 0.6) is 0 Å². The minimum absolute atomic E-state index is 0.215. The summed E-state index contributed by atoms with van der Waals surface area (Å²) in [6, 6.07) is -0.00930.